The molecular weight excluding hydrogens is 472 g/mol. The number of fused-ring (bicyclic) bond motifs is 7. The maximum Gasteiger partial charge on any atom is 0.309 e. The Bertz CT molecular complexity index is 1190. The Morgan fingerprint density at radius 1 is 0.892 bits per heavy atom. The largest absolute Gasteiger partial charge is 0.461 e. The van der Waals surface area contributed by atoms with Crippen LogP contribution in [-0.2, 0) is 23.8 Å². The molecular formula is C30H40O7. The second-order valence-corrected chi connectivity index (χ2v) is 14.8. The molecule has 5 bridgehead atoms. The topological polar surface area (TPSA) is 102 Å². The van der Waals surface area contributed by atoms with Gasteiger partial charge in [0.1, 0.15) is 17.8 Å². The lowest BCUT2D eigenvalue weighted by molar-refractivity contribution is -0.248. The van der Waals surface area contributed by atoms with Gasteiger partial charge in [0.2, 0.25) is 0 Å². The highest BCUT2D eigenvalue weighted by Gasteiger charge is 2.93. The van der Waals surface area contributed by atoms with Gasteiger partial charge in [-0.25, -0.2) is 0 Å². The van der Waals surface area contributed by atoms with E-state index >= 15 is 0 Å². The Kier molecular flexibility index (Phi) is 4.00. The Morgan fingerprint density at radius 2 is 1.54 bits per heavy atom. The van der Waals surface area contributed by atoms with E-state index < -0.39 is 40.0 Å². The zero-order valence-corrected chi connectivity index (χ0v) is 22.7. The van der Waals surface area contributed by atoms with Crippen LogP contribution in [0.2, 0.25) is 0 Å². The summed E-state index contributed by atoms with van der Waals surface area (Å²) in [6.07, 6.45) is 2.90. The fraction of sp³-hybridized carbons (Fsp3) is 0.867. The van der Waals surface area contributed by atoms with Crippen molar-refractivity contribution in [1.82, 2.24) is 0 Å². The molecule has 0 aromatic heterocycles. The van der Waals surface area contributed by atoms with Gasteiger partial charge in [-0.3, -0.25) is 9.59 Å². The molecule has 0 amide bonds. The quantitative estimate of drug-likeness (QED) is 0.380. The molecule has 7 nitrogen and oxygen atoms in total. The molecule has 202 valence electrons. The molecule has 2 N–H and O–H groups in total. The molecule has 3 heterocycles. The van der Waals surface area contributed by atoms with Crippen molar-refractivity contribution in [1.29, 1.82) is 0 Å². The van der Waals surface area contributed by atoms with Crippen LogP contribution in [0.4, 0.5) is 0 Å². The molecule has 37 heavy (non-hydrogen) atoms. The average molecular weight is 513 g/mol. The lowest BCUT2D eigenvalue weighted by atomic mass is 9.52. The van der Waals surface area contributed by atoms with Crippen molar-refractivity contribution in [3.63, 3.8) is 0 Å². The molecule has 4 saturated carbocycles. The number of esters is 2. The third kappa shape index (κ3) is 2.12. The summed E-state index contributed by atoms with van der Waals surface area (Å²) >= 11 is 0. The second-order valence-electron chi connectivity index (χ2n) is 14.8. The Labute approximate surface area is 218 Å². The molecule has 3 aliphatic heterocycles. The van der Waals surface area contributed by atoms with E-state index in [0.717, 1.165) is 36.8 Å². The first-order valence-corrected chi connectivity index (χ1v) is 14.5. The highest BCUT2D eigenvalue weighted by molar-refractivity contribution is 5.77. The predicted molar refractivity (Wildman–Crippen MR) is 131 cm³/mol. The molecule has 0 spiro atoms. The van der Waals surface area contributed by atoms with E-state index in [9.17, 15) is 19.8 Å². The minimum absolute atomic E-state index is 0.00783. The van der Waals surface area contributed by atoms with Gasteiger partial charge in [-0.2, -0.15) is 0 Å². The first-order chi connectivity index (χ1) is 17.2. The molecule has 0 radical (unpaired) electrons. The van der Waals surface area contributed by atoms with Crippen LogP contribution in [0.25, 0.3) is 0 Å². The number of ether oxygens (including phenoxy) is 3. The van der Waals surface area contributed by atoms with Gasteiger partial charge in [0.25, 0.3) is 0 Å². The Balaban J connectivity index is 1.41. The molecule has 15 atom stereocenters. The SMILES string of the molecule is CC1=C2[C@H]3OC(=O)[C@@H](C)[C@@H]3CC[C@](C)(O)[C@@H]2[C@H]2[C@H]3C[C@]4(C)O[C@@]5(C)CC[C@H]6[C@H](C)C(=O)O[C@@H]6[C@@]4([C@@H]35)[C@@]12O. The molecule has 3 saturated heterocycles. The van der Waals surface area contributed by atoms with E-state index in [2.05, 4.69) is 13.8 Å². The fourth-order valence-electron chi connectivity index (χ4n) is 12.4. The highest BCUT2D eigenvalue weighted by Crippen LogP contribution is 2.86. The maximum atomic E-state index is 13.4. The third-order valence-corrected chi connectivity index (χ3v) is 13.5. The molecule has 8 rings (SSSR count). The number of carbonyl (C=O) groups excluding carboxylic acids is 2. The van der Waals surface area contributed by atoms with E-state index in [1.54, 1.807) is 0 Å². The summed E-state index contributed by atoms with van der Waals surface area (Å²) in [6, 6.07) is 0. The van der Waals surface area contributed by atoms with Crippen LogP contribution in [-0.4, -0.2) is 56.8 Å². The summed E-state index contributed by atoms with van der Waals surface area (Å²) in [4.78, 5) is 25.8. The first-order valence-electron chi connectivity index (χ1n) is 14.5. The maximum absolute atomic E-state index is 13.4. The Hall–Kier alpha value is -1.44. The van der Waals surface area contributed by atoms with Crippen LogP contribution in [0.1, 0.15) is 73.6 Å². The summed E-state index contributed by atoms with van der Waals surface area (Å²) in [5.41, 5.74) is -2.43. The zero-order valence-electron chi connectivity index (χ0n) is 22.7. The van der Waals surface area contributed by atoms with Gasteiger partial charge in [-0.15, -0.1) is 0 Å². The summed E-state index contributed by atoms with van der Waals surface area (Å²) in [7, 11) is 0. The number of hydrogen-bond donors (Lipinski definition) is 2. The van der Waals surface area contributed by atoms with Crippen molar-refractivity contribution < 1.29 is 34.0 Å². The number of hydrogen-bond acceptors (Lipinski definition) is 7. The average Bonchev–Trinajstić information content (AvgIpc) is 3.49. The molecule has 0 aromatic carbocycles. The van der Waals surface area contributed by atoms with Gasteiger partial charge in [-0.05, 0) is 76.9 Å². The van der Waals surface area contributed by atoms with Crippen LogP contribution < -0.4 is 0 Å². The van der Waals surface area contributed by atoms with Gasteiger partial charge in [-0.1, -0.05) is 13.8 Å². The Morgan fingerprint density at radius 3 is 2.27 bits per heavy atom. The van der Waals surface area contributed by atoms with Crippen LogP contribution in [0.3, 0.4) is 0 Å². The van der Waals surface area contributed by atoms with Crippen molar-refractivity contribution in [2.24, 2.45) is 52.8 Å². The number of rotatable bonds is 0. The van der Waals surface area contributed by atoms with Crippen molar-refractivity contribution in [3.8, 4) is 0 Å². The minimum Gasteiger partial charge on any atom is -0.461 e. The van der Waals surface area contributed by atoms with Crippen molar-refractivity contribution in [3.05, 3.63) is 11.1 Å². The van der Waals surface area contributed by atoms with E-state index in [0.29, 0.717) is 6.42 Å². The highest BCUT2D eigenvalue weighted by atomic mass is 16.6. The summed E-state index contributed by atoms with van der Waals surface area (Å²) in [5.74, 6) is -1.15. The molecule has 0 unspecified atom stereocenters. The second kappa shape index (κ2) is 6.31. The monoisotopic (exact) mass is 512 g/mol. The van der Waals surface area contributed by atoms with E-state index in [1.165, 1.54) is 0 Å². The van der Waals surface area contributed by atoms with E-state index in [1.807, 2.05) is 27.7 Å². The number of aliphatic hydroxyl groups is 2. The first kappa shape index (κ1) is 23.4. The molecule has 0 aromatic rings. The van der Waals surface area contributed by atoms with Crippen molar-refractivity contribution in [2.45, 2.75) is 108 Å². The molecule has 7 heteroatoms. The van der Waals surface area contributed by atoms with Gasteiger partial charge < -0.3 is 24.4 Å². The lowest BCUT2D eigenvalue weighted by Crippen LogP contribution is -2.67. The predicted octanol–water partition coefficient (Wildman–Crippen LogP) is 3.16. The summed E-state index contributed by atoms with van der Waals surface area (Å²) < 4.78 is 19.4. The van der Waals surface area contributed by atoms with Crippen LogP contribution >= 0.6 is 0 Å². The minimum atomic E-state index is -1.31. The van der Waals surface area contributed by atoms with Crippen LogP contribution in [0.15, 0.2) is 11.1 Å². The summed E-state index contributed by atoms with van der Waals surface area (Å²) in [6.45, 7) is 12.2. The van der Waals surface area contributed by atoms with Crippen molar-refractivity contribution in [2.75, 3.05) is 0 Å². The molecule has 8 aliphatic rings. The third-order valence-electron chi connectivity index (χ3n) is 13.5. The smallest absolute Gasteiger partial charge is 0.309 e. The van der Waals surface area contributed by atoms with Crippen LogP contribution in [0.5, 0.6) is 0 Å². The van der Waals surface area contributed by atoms with Gasteiger partial charge >= 0.3 is 11.9 Å². The van der Waals surface area contributed by atoms with Gasteiger partial charge in [0.15, 0.2) is 0 Å². The van der Waals surface area contributed by atoms with E-state index in [4.69, 9.17) is 14.2 Å². The summed E-state index contributed by atoms with van der Waals surface area (Å²) in [5, 5.41) is 25.5. The normalized spacial score (nSPS) is 64.5. The standard InChI is InChI=1S/C30H40O7/c1-12-15-7-9-26(4,33)20-18(21(15)35-24(12)31)14(3)30(34)19(20)17-11-28(6)29(30)22(17)27(5,37-28)10-8-16-13(2)25(32)36-23(16)29/h12-13,15-17,19-23,33-34H,7-11H2,1-6H3/t12-,13-,15-,16-,17+,19+,20-,21-,22-,23-,26-,27-,28-,29+,30+/m0/s1. The lowest BCUT2D eigenvalue weighted by Gasteiger charge is -2.57. The van der Waals surface area contributed by atoms with Gasteiger partial charge in [0, 0.05) is 29.6 Å². The van der Waals surface area contributed by atoms with Crippen molar-refractivity contribution >= 4 is 11.9 Å². The van der Waals surface area contributed by atoms with Gasteiger partial charge in [0.05, 0.1) is 34.1 Å². The van der Waals surface area contributed by atoms with E-state index in [-0.39, 0.29) is 59.3 Å². The molecule has 5 aliphatic carbocycles. The molecule has 7 fully saturated rings. The number of carbonyl (C=O) groups is 2. The fourth-order valence-corrected chi connectivity index (χ4v) is 12.4. The van der Waals surface area contributed by atoms with Crippen LogP contribution in [0, 0.1) is 52.8 Å². The zero-order chi connectivity index (χ0) is 26.2.